The van der Waals surface area contributed by atoms with Crippen LogP contribution in [0.3, 0.4) is 0 Å². The summed E-state index contributed by atoms with van der Waals surface area (Å²) in [5.41, 5.74) is 1.12. The highest BCUT2D eigenvalue weighted by molar-refractivity contribution is 5.35. The SMILES string of the molecule is OOC1(CCC2OCOO2)CCc2ccccc2O1. The summed E-state index contributed by atoms with van der Waals surface area (Å²) >= 11 is 0. The molecule has 1 aromatic rings. The van der Waals surface area contributed by atoms with E-state index >= 15 is 0 Å². The van der Waals surface area contributed by atoms with Gasteiger partial charge >= 0.3 is 0 Å². The first-order valence-corrected chi connectivity index (χ1v) is 6.31. The van der Waals surface area contributed by atoms with E-state index in [-0.39, 0.29) is 6.79 Å². The summed E-state index contributed by atoms with van der Waals surface area (Å²) in [5.74, 6) is -0.295. The quantitative estimate of drug-likeness (QED) is 0.667. The Morgan fingerprint density at radius 2 is 2.26 bits per heavy atom. The van der Waals surface area contributed by atoms with Crippen molar-refractivity contribution in [2.45, 2.75) is 37.8 Å². The summed E-state index contributed by atoms with van der Waals surface area (Å²) in [6.45, 7) is 0.126. The molecule has 0 radical (unpaired) electrons. The van der Waals surface area contributed by atoms with Gasteiger partial charge in [-0.3, -0.25) is 0 Å². The van der Waals surface area contributed by atoms with E-state index < -0.39 is 12.1 Å². The van der Waals surface area contributed by atoms with Crippen LogP contribution < -0.4 is 4.74 Å². The molecule has 6 heteroatoms. The zero-order chi connectivity index (χ0) is 13.1. The summed E-state index contributed by atoms with van der Waals surface area (Å²) in [6, 6.07) is 7.73. The number of fused-ring (bicyclic) bond motifs is 1. The predicted octanol–water partition coefficient (Wildman–Crippen LogP) is 2.24. The first-order valence-electron chi connectivity index (χ1n) is 6.31. The van der Waals surface area contributed by atoms with Gasteiger partial charge in [0.1, 0.15) is 5.75 Å². The van der Waals surface area contributed by atoms with Gasteiger partial charge in [-0.15, -0.1) is 0 Å². The number of hydrogen-bond donors (Lipinski definition) is 1. The van der Waals surface area contributed by atoms with Crippen LogP contribution in [-0.4, -0.2) is 24.1 Å². The molecule has 3 rings (SSSR count). The number of ether oxygens (including phenoxy) is 2. The number of para-hydroxylation sites is 1. The van der Waals surface area contributed by atoms with Gasteiger partial charge in [0.2, 0.25) is 5.79 Å². The van der Waals surface area contributed by atoms with Gasteiger partial charge in [-0.1, -0.05) is 18.2 Å². The van der Waals surface area contributed by atoms with Gasteiger partial charge < -0.3 is 9.47 Å². The molecule has 1 aromatic carbocycles. The van der Waals surface area contributed by atoms with Crippen molar-refractivity contribution in [3.05, 3.63) is 29.8 Å². The van der Waals surface area contributed by atoms with Crippen LogP contribution in [0.2, 0.25) is 0 Å². The van der Waals surface area contributed by atoms with E-state index in [0.29, 0.717) is 19.3 Å². The Morgan fingerprint density at radius 3 is 3.05 bits per heavy atom. The molecular formula is C13H16O6. The smallest absolute Gasteiger partial charge is 0.241 e. The Morgan fingerprint density at radius 1 is 1.37 bits per heavy atom. The maximum Gasteiger partial charge on any atom is 0.241 e. The van der Waals surface area contributed by atoms with Gasteiger partial charge in [0.15, 0.2) is 13.1 Å². The molecule has 19 heavy (non-hydrogen) atoms. The molecule has 2 atom stereocenters. The Hall–Kier alpha value is -1.18. The molecule has 0 amide bonds. The topological polar surface area (TPSA) is 66.4 Å². The van der Waals surface area contributed by atoms with Gasteiger partial charge in [0.25, 0.3) is 0 Å². The van der Waals surface area contributed by atoms with Crippen LogP contribution in [0.15, 0.2) is 24.3 Å². The third kappa shape index (κ3) is 2.72. The Kier molecular flexibility index (Phi) is 3.67. The van der Waals surface area contributed by atoms with Crippen molar-refractivity contribution in [2.24, 2.45) is 0 Å². The Bertz CT molecular complexity index is 431. The number of rotatable bonds is 4. The third-order valence-electron chi connectivity index (χ3n) is 3.45. The summed E-state index contributed by atoms with van der Waals surface area (Å²) in [4.78, 5) is 14.2. The highest BCUT2D eigenvalue weighted by Crippen LogP contribution is 2.36. The van der Waals surface area contributed by atoms with Gasteiger partial charge in [-0.2, -0.15) is 4.89 Å². The maximum absolute atomic E-state index is 9.20. The molecule has 1 fully saturated rings. The summed E-state index contributed by atoms with van der Waals surface area (Å²) < 4.78 is 11.0. The molecule has 2 aliphatic rings. The minimum absolute atomic E-state index is 0.126. The second-order valence-electron chi connectivity index (χ2n) is 4.68. The third-order valence-corrected chi connectivity index (χ3v) is 3.45. The van der Waals surface area contributed by atoms with Gasteiger partial charge in [0.05, 0.1) is 0 Å². The molecule has 0 spiro atoms. The van der Waals surface area contributed by atoms with Crippen molar-refractivity contribution in [1.82, 2.24) is 0 Å². The average molecular weight is 268 g/mol. The zero-order valence-corrected chi connectivity index (χ0v) is 10.4. The highest BCUT2D eigenvalue weighted by atomic mass is 17.3. The van der Waals surface area contributed by atoms with Crippen molar-refractivity contribution >= 4 is 0 Å². The lowest BCUT2D eigenvalue weighted by molar-refractivity contribution is -0.390. The van der Waals surface area contributed by atoms with E-state index in [2.05, 4.69) is 9.78 Å². The lowest BCUT2D eigenvalue weighted by atomic mass is 9.96. The van der Waals surface area contributed by atoms with Gasteiger partial charge in [-0.25, -0.2) is 15.0 Å². The van der Waals surface area contributed by atoms with E-state index in [9.17, 15) is 5.26 Å². The van der Waals surface area contributed by atoms with Crippen LogP contribution in [0.25, 0.3) is 0 Å². The van der Waals surface area contributed by atoms with Crippen molar-refractivity contribution in [3.8, 4) is 5.75 Å². The normalized spacial score (nSPS) is 29.8. The molecule has 1 N–H and O–H groups in total. The first kappa shape index (κ1) is 12.8. The van der Waals surface area contributed by atoms with Crippen LogP contribution in [0, 0.1) is 0 Å². The van der Waals surface area contributed by atoms with E-state index in [4.69, 9.17) is 14.4 Å². The molecule has 104 valence electrons. The van der Waals surface area contributed by atoms with E-state index in [0.717, 1.165) is 17.7 Å². The molecule has 0 aliphatic carbocycles. The molecule has 2 aliphatic heterocycles. The monoisotopic (exact) mass is 268 g/mol. The zero-order valence-electron chi connectivity index (χ0n) is 10.4. The number of benzene rings is 1. The number of hydrogen-bond acceptors (Lipinski definition) is 6. The molecule has 2 heterocycles. The summed E-state index contributed by atoms with van der Waals surface area (Å²) in [7, 11) is 0. The standard InChI is InChI=1S/C13H16O6/c14-19-13(8-6-12-15-9-16-18-12)7-5-10-3-1-2-4-11(10)17-13/h1-4,12,14H,5-9H2. The molecule has 2 unspecified atom stereocenters. The van der Waals surface area contributed by atoms with Crippen molar-refractivity contribution < 1.29 is 29.4 Å². The van der Waals surface area contributed by atoms with Crippen LogP contribution in [0.1, 0.15) is 24.8 Å². The van der Waals surface area contributed by atoms with E-state index in [1.165, 1.54) is 0 Å². The lowest BCUT2D eigenvalue weighted by Gasteiger charge is -2.35. The van der Waals surface area contributed by atoms with Gasteiger partial charge in [0, 0.05) is 19.3 Å². The fourth-order valence-corrected chi connectivity index (χ4v) is 2.38. The highest BCUT2D eigenvalue weighted by Gasteiger charge is 2.39. The second kappa shape index (κ2) is 5.44. The maximum atomic E-state index is 9.20. The molecule has 0 bridgehead atoms. The molecule has 1 saturated heterocycles. The lowest BCUT2D eigenvalue weighted by Crippen LogP contribution is -2.42. The van der Waals surface area contributed by atoms with E-state index in [1.807, 2.05) is 24.3 Å². The Labute approximate surface area is 110 Å². The summed E-state index contributed by atoms with van der Waals surface area (Å²) in [5, 5.41) is 9.20. The first-order chi connectivity index (χ1) is 9.31. The second-order valence-corrected chi connectivity index (χ2v) is 4.68. The molecule has 6 nitrogen and oxygen atoms in total. The van der Waals surface area contributed by atoms with Gasteiger partial charge in [-0.05, 0) is 18.1 Å². The molecule has 0 aromatic heterocycles. The van der Waals surface area contributed by atoms with Crippen LogP contribution >= 0.6 is 0 Å². The van der Waals surface area contributed by atoms with Crippen LogP contribution in [0.5, 0.6) is 5.75 Å². The van der Waals surface area contributed by atoms with Crippen molar-refractivity contribution in [3.63, 3.8) is 0 Å². The summed E-state index contributed by atoms with van der Waals surface area (Å²) in [6.07, 6.45) is 1.90. The largest absolute Gasteiger partial charge is 0.459 e. The minimum Gasteiger partial charge on any atom is -0.459 e. The van der Waals surface area contributed by atoms with Crippen LogP contribution in [0.4, 0.5) is 0 Å². The predicted molar refractivity (Wildman–Crippen MR) is 63.0 cm³/mol. The van der Waals surface area contributed by atoms with Crippen LogP contribution in [-0.2, 0) is 25.8 Å². The van der Waals surface area contributed by atoms with Crippen molar-refractivity contribution in [1.29, 1.82) is 0 Å². The fourth-order valence-electron chi connectivity index (χ4n) is 2.38. The molecule has 0 saturated carbocycles. The minimum atomic E-state index is -1.04. The average Bonchev–Trinajstić information content (AvgIpc) is 2.98. The number of aryl methyl sites for hydroxylation is 1. The fraction of sp³-hybridized carbons (Fsp3) is 0.538. The van der Waals surface area contributed by atoms with Crippen molar-refractivity contribution in [2.75, 3.05) is 6.79 Å². The van der Waals surface area contributed by atoms with E-state index in [1.54, 1.807) is 0 Å². The Balaban J connectivity index is 1.67. The molecular weight excluding hydrogens is 252 g/mol.